The Kier molecular flexibility index (Phi) is 6.02. The van der Waals surface area contributed by atoms with E-state index in [1.165, 1.54) is 14.2 Å². The molecule has 0 aromatic heterocycles. The Morgan fingerprint density at radius 2 is 1.61 bits per heavy atom. The van der Waals surface area contributed by atoms with Crippen LogP contribution < -0.4 is 0 Å². The lowest BCUT2D eigenvalue weighted by Crippen LogP contribution is -2.47. The van der Waals surface area contributed by atoms with Crippen LogP contribution in [0.2, 0.25) is 18.1 Å². The summed E-state index contributed by atoms with van der Waals surface area (Å²) in [6.07, 6.45) is -1.00. The highest BCUT2D eigenvalue weighted by molar-refractivity contribution is 6.74. The molecule has 106 valence electrons. The molecule has 5 nitrogen and oxygen atoms in total. The number of hydrogen-bond acceptors (Lipinski definition) is 5. The molecule has 0 saturated heterocycles. The van der Waals surface area contributed by atoms with Crippen LogP contribution in [0.3, 0.4) is 0 Å². The summed E-state index contributed by atoms with van der Waals surface area (Å²) < 4.78 is 15.1. The van der Waals surface area contributed by atoms with Crippen molar-refractivity contribution in [2.24, 2.45) is 0 Å². The molecule has 0 amide bonds. The van der Waals surface area contributed by atoms with Gasteiger partial charge in [-0.3, -0.25) is 4.79 Å². The van der Waals surface area contributed by atoms with Gasteiger partial charge in [0.2, 0.25) is 0 Å². The second kappa shape index (κ2) is 6.33. The molecule has 0 bridgehead atoms. The summed E-state index contributed by atoms with van der Waals surface area (Å²) in [7, 11) is 0.425. The Bertz CT molecular complexity index is 306. The first-order chi connectivity index (χ1) is 8.05. The minimum atomic E-state index is -2.14. The van der Waals surface area contributed by atoms with Gasteiger partial charge in [-0.2, -0.15) is 0 Å². The van der Waals surface area contributed by atoms with Crippen molar-refractivity contribution in [2.45, 2.75) is 51.4 Å². The number of esters is 2. The average molecular weight is 276 g/mol. The van der Waals surface area contributed by atoms with Crippen molar-refractivity contribution >= 4 is 20.3 Å². The van der Waals surface area contributed by atoms with E-state index in [9.17, 15) is 9.59 Å². The Morgan fingerprint density at radius 3 is 1.94 bits per heavy atom. The summed E-state index contributed by atoms with van der Waals surface area (Å²) in [4.78, 5) is 22.9. The van der Waals surface area contributed by atoms with Gasteiger partial charge in [-0.05, 0) is 18.1 Å². The third-order valence-electron chi connectivity index (χ3n) is 3.29. The molecule has 0 aliphatic carbocycles. The molecule has 0 unspecified atom stereocenters. The molecule has 0 aromatic rings. The van der Waals surface area contributed by atoms with E-state index in [0.717, 1.165) is 0 Å². The normalized spacial score (nSPS) is 13.9. The van der Waals surface area contributed by atoms with Gasteiger partial charge in [-0.25, -0.2) is 4.79 Å². The molecule has 18 heavy (non-hydrogen) atoms. The van der Waals surface area contributed by atoms with Crippen molar-refractivity contribution in [1.82, 2.24) is 0 Å². The first-order valence-corrected chi connectivity index (χ1v) is 8.78. The van der Waals surface area contributed by atoms with Crippen molar-refractivity contribution < 1.29 is 23.5 Å². The lowest BCUT2D eigenvalue weighted by molar-refractivity contribution is -0.155. The zero-order valence-electron chi connectivity index (χ0n) is 12.3. The van der Waals surface area contributed by atoms with Crippen molar-refractivity contribution in [3.8, 4) is 0 Å². The van der Waals surface area contributed by atoms with Crippen LogP contribution in [0.1, 0.15) is 27.2 Å². The standard InChI is InChI=1S/C12H24O5Si/c1-12(2,3)18(6,7)17-9(11(14)16-5)8-10(13)15-4/h9H,8H2,1-7H3/t9-/m0/s1. The summed E-state index contributed by atoms with van der Waals surface area (Å²) in [5.74, 6) is -1.02. The van der Waals surface area contributed by atoms with Gasteiger partial charge in [0.25, 0.3) is 0 Å². The largest absolute Gasteiger partial charge is 0.469 e. The third-order valence-corrected chi connectivity index (χ3v) is 7.77. The van der Waals surface area contributed by atoms with Gasteiger partial charge in [0.1, 0.15) is 0 Å². The summed E-state index contributed by atoms with van der Waals surface area (Å²) in [6, 6.07) is 0. The van der Waals surface area contributed by atoms with Crippen LogP contribution >= 0.6 is 0 Å². The van der Waals surface area contributed by atoms with Crippen LogP contribution in [0.25, 0.3) is 0 Å². The Morgan fingerprint density at radius 1 is 1.11 bits per heavy atom. The molecular weight excluding hydrogens is 252 g/mol. The number of hydrogen-bond donors (Lipinski definition) is 0. The highest BCUT2D eigenvalue weighted by atomic mass is 28.4. The molecule has 0 fully saturated rings. The second-order valence-corrected chi connectivity index (χ2v) is 10.4. The first-order valence-electron chi connectivity index (χ1n) is 5.87. The molecule has 6 heteroatoms. The fourth-order valence-corrected chi connectivity index (χ4v) is 2.32. The highest BCUT2D eigenvalue weighted by Gasteiger charge is 2.41. The fraction of sp³-hybridized carbons (Fsp3) is 0.833. The van der Waals surface area contributed by atoms with E-state index in [-0.39, 0.29) is 11.5 Å². The SMILES string of the molecule is COC(=O)C[C@H](O[Si](C)(C)C(C)(C)C)C(=O)OC. The van der Waals surface area contributed by atoms with E-state index >= 15 is 0 Å². The molecule has 0 spiro atoms. The van der Waals surface area contributed by atoms with E-state index in [1.807, 2.05) is 13.1 Å². The summed E-state index contributed by atoms with van der Waals surface area (Å²) in [5, 5.41) is -0.0462. The van der Waals surface area contributed by atoms with Gasteiger partial charge in [0.05, 0.1) is 20.6 Å². The van der Waals surface area contributed by atoms with Crippen molar-refractivity contribution in [2.75, 3.05) is 14.2 Å². The third kappa shape index (κ3) is 4.78. The quantitative estimate of drug-likeness (QED) is 0.568. The second-order valence-electron chi connectivity index (χ2n) is 5.67. The van der Waals surface area contributed by atoms with Gasteiger partial charge in [-0.1, -0.05) is 20.8 Å². The Balaban J connectivity index is 4.90. The maximum absolute atomic E-state index is 11.6. The van der Waals surface area contributed by atoms with Crippen molar-refractivity contribution in [3.05, 3.63) is 0 Å². The molecule has 0 rings (SSSR count). The van der Waals surface area contributed by atoms with Gasteiger partial charge in [0.15, 0.2) is 14.4 Å². The predicted octanol–water partition coefficient (Wildman–Crippen LogP) is 2.11. The van der Waals surface area contributed by atoms with Crippen molar-refractivity contribution in [3.63, 3.8) is 0 Å². The zero-order valence-corrected chi connectivity index (χ0v) is 13.3. The van der Waals surface area contributed by atoms with Gasteiger partial charge >= 0.3 is 11.9 Å². The van der Waals surface area contributed by atoms with Gasteiger partial charge in [0, 0.05) is 0 Å². The number of methoxy groups -OCH3 is 2. The van der Waals surface area contributed by atoms with Crippen LogP contribution in [0, 0.1) is 0 Å². The van der Waals surface area contributed by atoms with Crippen LogP contribution in [0.5, 0.6) is 0 Å². The minimum absolute atomic E-state index is 0.0462. The smallest absolute Gasteiger partial charge is 0.334 e. The summed E-state index contributed by atoms with van der Waals surface area (Å²) in [5.41, 5.74) is 0. The highest BCUT2D eigenvalue weighted by Crippen LogP contribution is 2.37. The summed E-state index contributed by atoms with van der Waals surface area (Å²) >= 11 is 0. The van der Waals surface area contributed by atoms with Crippen LogP contribution in [0.15, 0.2) is 0 Å². The summed E-state index contributed by atoms with van der Waals surface area (Å²) in [6.45, 7) is 10.2. The average Bonchev–Trinajstić information content (AvgIpc) is 2.24. The lowest BCUT2D eigenvalue weighted by Gasteiger charge is -2.38. The molecule has 0 aliphatic rings. The lowest BCUT2D eigenvalue weighted by atomic mass is 10.2. The molecule has 0 aromatic carbocycles. The molecule has 0 aliphatic heterocycles. The number of carbonyl (C=O) groups excluding carboxylic acids is 2. The van der Waals surface area contributed by atoms with E-state index in [4.69, 9.17) is 4.43 Å². The number of rotatable bonds is 5. The van der Waals surface area contributed by atoms with E-state index in [1.54, 1.807) is 0 Å². The molecule has 0 saturated carbocycles. The van der Waals surface area contributed by atoms with Crippen LogP contribution in [-0.2, 0) is 23.5 Å². The minimum Gasteiger partial charge on any atom is -0.469 e. The Labute approximate surface area is 110 Å². The van der Waals surface area contributed by atoms with Crippen LogP contribution in [0.4, 0.5) is 0 Å². The van der Waals surface area contributed by atoms with Gasteiger partial charge < -0.3 is 13.9 Å². The number of ether oxygens (including phenoxy) is 2. The first kappa shape index (κ1) is 17.1. The van der Waals surface area contributed by atoms with Gasteiger partial charge in [-0.15, -0.1) is 0 Å². The van der Waals surface area contributed by atoms with E-state index < -0.39 is 26.4 Å². The number of carbonyl (C=O) groups is 2. The van der Waals surface area contributed by atoms with E-state index in [0.29, 0.717) is 0 Å². The maximum atomic E-state index is 11.6. The topological polar surface area (TPSA) is 61.8 Å². The molecular formula is C12H24O5Si. The predicted molar refractivity (Wildman–Crippen MR) is 70.7 cm³/mol. The molecule has 0 radical (unpaired) electrons. The van der Waals surface area contributed by atoms with Crippen molar-refractivity contribution in [1.29, 1.82) is 0 Å². The maximum Gasteiger partial charge on any atom is 0.334 e. The Hall–Kier alpha value is -0.883. The van der Waals surface area contributed by atoms with E-state index in [2.05, 4.69) is 30.2 Å². The van der Waals surface area contributed by atoms with Crippen LogP contribution in [-0.4, -0.2) is 40.6 Å². The monoisotopic (exact) mass is 276 g/mol. The fourth-order valence-electron chi connectivity index (χ4n) is 1.07. The zero-order chi connectivity index (χ0) is 14.6. The molecule has 1 atom stereocenters. The molecule has 0 heterocycles. The molecule has 0 N–H and O–H groups in total.